The second-order valence-corrected chi connectivity index (χ2v) is 5.75. The number of benzene rings is 1. The number of ether oxygens (including phenoxy) is 1. The van der Waals surface area contributed by atoms with Gasteiger partial charge in [0.15, 0.2) is 6.61 Å². The number of carbonyl (C=O) groups excluding carboxylic acids is 1. The van der Waals surface area contributed by atoms with Crippen molar-refractivity contribution >= 4 is 11.9 Å². The van der Waals surface area contributed by atoms with Gasteiger partial charge in [0.2, 0.25) is 0 Å². The number of nitrogens with one attached hydrogen (secondary N) is 1. The van der Waals surface area contributed by atoms with E-state index < -0.39 is 36.6 Å². The van der Waals surface area contributed by atoms with Crippen LogP contribution in [0, 0.1) is 5.92 Å². The molecule has 0 heterocycles. The Morgan fingerprint density at radius 3 is 2.54 bits per heavy atom. The van der Waals surface area contributed by atoms with Crippen LogP contribution in [0.3, 0.4) is 0 Å². The number of halogens is 3. The van der Waals surface area contributed by atoms with Crippen LogP contribution < -0.4 is 10.1 Å². The monoisotopic (exact) mass is 345 g/mol. The van der Waals surface area contributed by atoms with E-state index >= 15 is 0 Å². The molecule has 1 aliphatic rings. The molecule has 1 aromatic carbocycles. The van der Waals surface area contributed by atoms with Crippen molar-refractivity contribution in [1.82, 2.24) is 5.32 Å². The van der Waals surface area contributed by atoms with Crippen molar-refractivity contribution in [2.45, 2.75) is 37.9 Å². The van der Waals surface area contributed by atoms with Gasteiger partial charge in [-0.1, -0.05) is 18.9 Å². The fraction of sp³-hybridized carbons (Fsp3) is 0.500. The van der Waals surface area contributed by atoms with Gasteiger partial charge in [-0.2, -0.15) is 13.2 Å². The maximum absolute atomic E-state index is 13.2. The minimum Gasteiger partial charge on any atom is -0.482 e. The third kappa shape index (κ3) is 4.87. The van der Waals surface area contributed by atoms with E-state index in [1.54, 1.807) is 0 Å². The molecule has 2 N–H and O–H groups in total. The summed E-state index contributed by atoms with van der Waals surface area (Å²) in [7, 11) is 0. The van der Waals surface area contributed by atoms with Gasteiger partial charge in [-0.15, -0.1) is 0 Å². The van der Waals surface area contributed by atoms with Crippen molar-refractivity contribution in [3.05, 3.63) is 29.8 Å². The highest BCUT2D eigenvalue weighted by molar-refractivity contribution is 5.94. The van der Waals surface area contributed by atoms with Crippen LogP contribution in [-0.2, 0) is 4.79 Å². The number of carboxylic acid groups (broad SMARTS) is 1. The third-order valence-electron chi connectivity index (χ3n) is 3.97. The fourth-order valence-electron chi connectivity index (χ4n) is 2.85. The van der Waals surface area contributed by atoms with Crippen molar-refractivity contribution < 1.29 is 32.6 Å². The summed E-state index contributed by atoms with van der Waals surface area (Å²) in [5.41, 5.74) is -0.00913. The molecular weight excluding hydrogens is 327 g/mol. The molecule has 1 aliphatic carbocycles. The van der Waals surface area contributed by atoms with Gasteiger partial charge in [0.1, 0.15) is 11.8 Å². The van der Waals surface area contributed by atoms with Gasteiger partial charge < -0.3 is 15.2 Å². The van der Waals surface area contributed by atoms with E-state index in [9.17, 15) is 22.8 Å². The number of hydrogen-bond donors (Lipinski definition) is 2. The Morgan fingerprint density at radius 1 is 1.29 bits per heavy atom. The van der Waals surface area contributed by atoms with E-state index in [2.05, 4.69) is 5.32 Å². The lowest BCUT2D eigenvalue weighted by Crippen LogP contribution is -2.49. The molecule has 8 heteroatoms. The first-order valence-corrected chi connectivity index (χ1v) is 7.59. The zero-order chi connectivity index (χ0) is 17.7. The summed E-state index contributed by atoms with van der Waals surface area (Å²) in [5.74, 6) is -2.55. The van der Waals surface area contributed by atoms with Crippen LogP contribution in [-0.4, -0.2) is 35.8 Å². The summed E-state index contributed by atoms with van der Waals surface area (Å²) in [6.45, 7) is -0.599. The van der Waals surface area contributed by atoms with E-state index in [1.807, 2.05) is 0 Å². The number of alkyl halides is 3. The van der Waals surface area contributed by atoms with Crippen LogP contribution in [0.4, 0.5) is 13.2 Å². The summed E-state index contributed by atoms with van der Waals surface area (Å²) in [6.07, 6.45) is -2.18. The van der Waals surface area contributed by atoms with Gasteiger partial charge in [0.25, 0.3) is 5.91 Å². The van der Waals surface area contributed by atoms with E-state index in [-0.39, 0.29) is 11.3 Å². The van der Waals surface area contributed by atoms with Gasteiger partial charge in [0.05, 0.1) is 0 Å². The molecule has 1 atom stereocenters. The van der Waals surface area contributed by atoms with Crippen molar-refractivity contribution in [3.63, 3.8) is 0 Å². The zero-order valence-corrected chi connectivity index (χ0v) is 12.8. The van der Waals surface area contributed by atoms with Crippen LogP contribution in [0.25, 0.3) is 0 Å². The van der Waals surface area contributed by atoms with Crippen molar-refractivity contribution in [1.29, 1.82) is 0 Å². The molecule has 5 nitrogen and oxygen atoms in total. The minimum absolute atomic E-state index is 0.00913. The molecule has 0 saturated heterocycles. The standard InChI is InChI=1S/C16H18F3NO4/c17-16(18,19)14(10-4-1-2-5-10)20-15(23)11-6-3-7-12(8-11)24-9-13(21)22/h3,6-8,10,14H,1-2,4-5,9H2,(H,20,23)(H,21,22). The fourth-order valence-corrected chi connectivity index (χ4v) is 2.85. The number of carboxylic acids is 1. The van der Waals surface area contributed by atoms with Crippen LogP contribution in [0.15, 0.2) is 24.3 Å². The van der Waals surface area contributed by atoms with Crippen LogP contribution in [0.2, 0.25) is 0 Å². The van der Waals surface area contributed by atoms with E-state index in [0.29, 0.717) is 12.8 Å². The highest BCUT2D eigenvalue weighted by Gasteiger charge is 2.46. The number of aliphatic carboxylic acids is 1. The molecule has 1 unspecified atom stereocenters. The number of carbonyl (C=O) groups is 2. The quantitative estimate of drug-likeness (QED) is 0.831. The Labute approximate surface area is 136 Å². The van der Waals surface area contributed by atoms with E-state index in [4.69, 9.17) is 9.84 Å². The maximum atomic E-state index is 13.2. The Hall–Kier alpha value is -2.25. The van der Waals surface area contributed by atoms with Gasteiger partial charge >= 0.3 is 12.1 Å². The topological polar surface area (TPSA) is 75.6 Å². The lowest BCUT2D eigenvalue weighted by atomic mass is 9.97. The molecule has 2 rings (SSSR count). The lowest BCUT2D eigenvalue weighted by molar-refractivity contribution is -0.164. The highest BCUT2D eigenvalue weighted by atomic mass is 19.4. The summed E-state index contributed by atoms with van der Waals surface area (Å²) in [6, 6.07) is 3.55. The molecule has 132 valence electrons. The summed E-state index contributed by atoms with van der Waals surface area (Å²) < 4.78 is 44.6. The molecule has 1 saturated carbocycles. The van der Waals surface area contributed by atoms with E-state index in [0.717, 1.165) is 12.8 Å². The van der Waals surface area contributed by atoms with Gasteiger partial charge in [-0.05, 0) is 37.0 Å². The summed E-state index contributed by atoms with van der Waals surface area (Å²) >= 11 is 0. The van der Waals surface area contributed by atoms with E-state index in [1.165, 1.54) is 24.3 Å². The Balaban J connectivity index is 2.09. The molecular formula is C16H18F3NO4. The molecule has 0 aromatic heterocycles. The van der Waals surface area contributed by atoms with Gasteiger partial charge in [0, 0.05) is 5.56 Å². The first kappa shape index (κ1) is 18.1. The molecule has 1 amide bonds. The highest BCUT2D eigenvalue weighted by Crippen LogP contribution is 2.35. The average molecular weight is 345 g/mol. The molecule has 1 aromatic rings. The maximum Gasteiger partial charge on any atom is 0.408 e. The molecule has 0 radical (unpaired) electrons. The lowest BCUT2D eigenvalue weighted by Gasteiger charge is -2.27. The number of hydrogen-bond acceptors (Lipinski definition) is 3. The Bertz CT molecular complexity index is 597. The van der Waals surface area contributed by atoms with Crippen LogP contribution in [0.1, 0.15) is 36.0 Å². The predicted molar refractivity (Wildman–Crippen MR) is 78.8 cm³/mol. The van der Waals surface area contributed by atoms with Crippen molar-refractivity contribution in [2.75, 3.05) is 6.61 Å². The largest absolute Gasteiger partial charge is 0.482 e. The smallest absolute Gasteiger partial charge is 0.408 e. The molecule has 24 heavy (non-hydrogen) atoms. The predicted octanol–water partition coefficient (Wildman–Crippen LogP) is 3.00. The average Bonchev–Trinajstić information content (AvgIpc) is 3.03. The van der Waals surface area contributed by atoms with Gasteiger partial charge in [-0.25, -0.2) is 4.79 Å². The minimum atomic E-state index is -4.51. The third-order valence-corrected chi connectivity index (χ3v) is 3.97. The second-order valence-electron chi connectivity index (χ2n) is 5.75. The van der Waals surface area contributed by atoms with Crippen LogP contribution >= 0.6 is 0 Å². The number of rotatable bonds is 6. The molecule has 0 aliphatic heterocycles. The normalized spacial score (nSPS) is 16.6. The Morgan fingerprint density at radius 2 is 1.96 bits per heavy atom. The Kier molecular flexibility index (Phi) is 5.69. The van der Waals surface area contributed by atoms with Crippen molar-refractivity contribution in [3.8, 4) is 5.75 Å². The first-order valence-electron chi connectivity index (χ1n) is 7.59. The first-order chi connectivity index (χ1) is 11.3. The molecule has 1 fully saturated rings. The second kappa shape index (κ2) is 7.55. The zero-order valence-electron chi connectivity index (χ0n) is 12.8. The summed E-state index contributed by atoms with van der Waals surface area (Å²) in [5, 5.41) is 10.6. The number of amides is 1. The molecule has 0 spiro atoms. The van der Waals surface area contributed by atoms with Gasteiger partial charge in [-0.3, -0.25) is 4.79 Å². The van der Waals surface area contributed by atoms with Crippen molar-refractivity contribution in [2.24, 2.45) is 5.92 Å². The van der Waals surface area contributed by atoms with Crippen LogP contribution in [0.5, 0.6) is 5.75 Å². The summed E-state index contributed by atoms with van der Waals surface area (Å²) in [4.78, 5) is 22.6. The molecule has 0 bridgehead atoms. The SMILES string of the molecule is O=C(O)COc1cccc(C(=O)NC(C2CCCC2)C(F)(F)F)c1.